The van der Waals surface area contributed by atoms with E-state index in [1.165, 1.54) is 36.0 Å². The third kappa shape index (κ3) is 2.65. The molecule has 2 heterocycles. The summed E-state index contributed by atoms with van der Waals surface area (Å²) >= 11 is 1.32. The fourth-order valence-electron chi connectivity index (χ4n) is 2.55. The van der Waals surface area contributed by atoms with Crippen molar-refractivity contribution in [1.29, 1.82) is 0 Å². The molecule has 24 heavy (non-hydrogen) atoms. The molecule has 0 saturated heterocycles. The van der Waals surface area contributed by atoms with Gasteiger partial charge in [-0.25, -0.2) is 4.39 Å². The van der Waals surface area contributed by atoms with Gasteiger partial charge in [0.2, 0.25) is 0 Å². The molecule has 4 rings (SSSR count). The van der Waals surface area contributed by atoms with Gasteiger partial charge in [0, 0.05) is 5.56 Å². The lowest BCUT2D eigenvalue weighted by Gasteiger charge is -2.04. The minimum Gasteiger partial charge on any atom is -0.293 e. The number of aromatic nitrogens is 3. The predicted octanol–water partition coefficient (Wildman–Crippen LogP) is 4.00. The van der Waals surface area contributed by atoms with Crippen molar-refractivity contribution in [3.63, 3.8) is 0 Å². The SMILES string of the molecule is O=C(CSc1nnc2ccc3ccccc3n12)c1ccc(F)cc1. The summed E-state index contributed by atoms with van der Waals surface area (Å²) in [5, 5.41) is 10.1. The summed E-state index contributed by atoms with van der Waals surface area (Å²) in [7, 11) is 0. The quantitative estimate of drug-likeness (QED) is 0.417. The zero-order chi connectivity index (χ0) is 16.5. The van der Waals surface area contributed by atoms with Crippen molar-refractivity contribution in [3.05, 3.63) is 72.0 Å². The maximum Gasteiger partial charge on any atom is 0.196 e. The highest BCUT2D eigenvalue weighted by Crippen LogP contribution is 2.23. The Labute approximate surface area is 141 Å². The Bertz CT molecular complexity index is 1040. The van der Waals surface area contributed by atoms with E-state index in [2.05, 4.69) is 10.2 Å². The molecule has 4 aromatic rings. The van der Waals surface area contributed by atoms with Crippen molar-refractivity contribution in [2.24, 2.45) is 0 Å². The molecule has 0 aliphatic rings. The number of ketones is 1. The number of benzene rings is 2. The number of carbonyl (C=O) groups excluding carboxylic acids is 1. The van der Waals surface area contributed by atoms with Crippen molar-refractivity contribution in [2.75, 3.05) is 5.75 Å². The number of thioether (sulfide) groups is 1. The maximum absolute atomic E-state index is 12.9. The Morgan fingerprint density at radius 1 is 1.00 bits per heavy atom. The van der Waals surface area contributed by atoms with Gasteiger partial charge in [-0.15, -0.1) is 10.2 Å². The highest BCUT2D eigenvalue weighted by atomic mass is 32.2. The number of halogens is 1. The third-order valence-electron chi connectivity index (χ3n) is 3.75. The van der Waals surface area contributed by atoms with Crippen molar-refractivity contribution < 1.29 is 9.18 Å². The summed E-state index contributed by atoms with van der Waals surface area (Å²) in [4.78, 5) is 12.3. The van der Waals surface area contributed by atoms with E-state index in [0.717, 1.165) is 16.6 Å². The molecule has 0 aliphatic heterocycles. The Morgan fingerprint density at radius 3 is 2.62 bits per heavy atom. The molecule has 0 fully saturated rings. The predicted molar refractivity (Wildman–Crippen MR) is 91.9 cm³/mol. The maximum atomic E-state index is 12.9. The fourth-order valence-corrected chi connectivity index (χ4v) is 3.40. The Balaban J connectivity index is 1.64. The van der Waals surface area contributed by atoms with Crippen molar-refractivity contribution in [1.82, 2.24) is 14.6 Å². The molecule has 6 heteroatoms. The largest absolute Gasteiger partial charge is 0.293 e. The van der Waals surface area contributed by atoms with E-state index < -0.39 is 0 Å². The first-order chi connectivity index (χ1) is 11.7. The molecular weight excluding hydrogens is 325 g/mol. The number of para-hydroxylation sites is 1. The lowest BCUT2D eigenvalue weighted by Crippen LogP contribution is -2.03. The normalized spacial score (nSPS) is 11.2. The van der Waals surface area contributed by atoms with E-state index in [9.17, 15) is 9.18 Å². The minimum atomic E-state index is -0.353. The monoisotopic (exact) mass is 337 g/mol. The second-order valence-corrected chi connectivity index (χ2v) is 6.23. The molecule has 0 radical (unpaired) electrons. The van der Waals surface area contributed by atoms with Gasteiger partial charge < -0.3 is 0 Å². The Hall–Kier alpha value is -2.73. The zero-order valence-corrected chi connectivity index (χ0v) is 13.3. The van der Waals surface area contributed by atoms with Gasteiger partial charge in [-0.2, -0.15) is 0 Å². The van der Waals surface area contributed by atoms with Gasteiger partial charge >= 0.3 is 0 Å². The van der Waals surface area contributed by atoms with Crippen LogP contribution in [0.5, 0.6) is 0 Å². The zero-order valence-electron chi connectivity index (χ0n) is 12.5. The van der Waals surface area contributed by atoms with Gasteiger partial charge in [-0.1, -0.05) is 30.0 Å². The van der Waals surface area contributed by atoms with Gasteiger partial charge in [0.15, 0.2) is 16.6 Å². The smallest absolute Gasteiger partial charge is 0.196 e. The number of nitrogens with zero attached hydrogens (tertiary/aromatic N) is 3. The molecule has 0 saturated carbocycles. The number of Topliss-reactive ketones (excluding diaryl/α,β-unsaturated/α-hetero) is 1. The molecule has 0 atom stereocenters. The van der Waals surface area contributed by atoms with Crippen LogP contribution in [0, 0.1) is 5.82 Å². The molecule has 118 valence electrons. The van der Waals surface area contributed by atoms with Crippen LogP contribution in [0.4, 0.5) is 4.39 Å². The summed E-state index contributed by atoms with van der Waals surface area (Å²) in [6, 6.07) is 17.4. The van der Waals surface area contributed by atoms with Crippen molar-refractivity contribution in [2.45, 2.75) is 5.16 Å². The highest BCUT2D eigenvalue weighted by molar-refractivity contribution is 7.99. The van der Waals surface area contributed by atoms with Crippen LogP contribution in [0.15, 0.2) is 65.8 Å². The van der Waals surface area contributed by atoms with Crippen LogP contribution in [0.2, 0.25) is 0 Å². The van der Waals surface area contributed by atoms with E-state index in [1.54, 1.807) is 0 Å². The topological polar surface area (TPSA) is 47.3 Å². The van der Waals surface area contributed by atoms with Crippen LogP contribution in [0.1, 0.15) is 10.4 Å². The molecule has 0 unspecified atom stereocenters. The van der Waals surface area contributed by atoms with Crippen LogP contribution >= 0.6 is 11.8 Å². The van der Waals surface area contributed by atoms with Crippen molar-refractivity contribution >= 4 is 34.1 Å². The second-order valence-electron chi connectivity index (χ2n) is 5.29. The Kier molecular flexibility index (Phi) is 3.74. The summed E-state index contributed by atoms with van der Waals surface area (Å²) in [5.41, 5.74) is 2.23. The molecule has 2 aromatic heterocycles. The lowest BCUT2D eigenvalue weighted by atomic mass is 10.1. The number of hydrogen-bond donors (Lipinski definition) is 0. The van der Waals surface area contributed by atoms with Crippen LogP contribution in [0.25, 0.3) is 16.6 Å². The standard InChI is InChI=1S/C18H12FN3OS/c19-14-8-5-13(6-9-14)16(23)11-24-18-21-20-17-10-7-12-3-1-2-4-15(12)22(17)18/h1-10H,11H2. The van der Waals surface area contributed by atoms with Crippen LogP contribution in [0.3, 0.4) is 0 Å². The number of carbonyl (C=O) groups is 1. The number of hydrogen-bond acceptors (Lipinski definition) is 4. The summed E-state index contributed by atoms with van der Waals surface area (Å²) < 4.78 is 14.9. The molecule has 0 bridgehead atoms. The molecule has 0 N–H and O–H groups in total. The first kappa shape index (κ1) is 14.8. The summed E-state index contributed by atoms with van der Waals surface area (Å²) in [6.07, 6.45) is 0. The first-order valence-electron chi connectivity index (χ1n) is 7.37. The van der Waals surface area contributed by atoms with Gasteiger partial charge in [-0.05, 0) is 47.9 Å². The van der Waals surface area contributed by atoms with Crippen LogP contribution in [-0.4, -0.2) is 26.1 Å². The minimum absolute atomic E-state index is 0.0722. The second kappa shape index (κ2) is 6.05. The van der Waals surface area contributed by atoms with Gasteiger partial charge in [0.25, 0.3) is 0 Å². The van der Waals surface area contributed by atoms with Gasteiger partial charge in [0.1, 0.15) is 5.82 Å². The highest BCUT2D eigenvalue weighted by Gasteiger charge is 2.12. The number of fused-ring (bicyclic) bond motifs is 3. The number of pyridine rings is 1. The van der Waals surface area contributed by atoms with Crippen molar-refractivity contribution in [3.8, 4) is 0 Å². The fraction of sp³-hybridized carbons (Fsp3) is 0.0556. The van der Waals surface area contributed by atoms with Crippen LogP contribution < -0.4 is 0 Å². The van der Waals surface area contributed by atoms with Crippen LogP contribution in [-0.2, 0) is 0 Å². The molecular formula is C18H12FN3OS. The van der Waals surface area contributed by atoms with E-state index >= 15 is 0 Å². The molecule has 2 aromatic carbocycles. The summed E-state index contributed by atoms with van der Waals surface area (Å²) in [6.45, 7) is 0. The van der Waals surface area contributed by atoms with E-state index in [4.69, 9.17) is 0 Å². The first-order valence-corrected chi connectivity index (χ1v) is 8.35. The molecule has 0 aliphatic carbocycles. The van der Waals surface area contributed by atoms with Gasteiger partial charge in [0.05, 0.1) is 11.3 Å². The Morgan fingerprint density at radius 2 is 1.79 bits per heavy atom. The average Bonchev–Trinajstić information content (AvgIpc) is 3.04. The van der Waals surface area contributed by atoms with E-state index in [0.29, 0.717) is 10.7 Å². The number of rotatable bonds is 4. The third-order valence-corrected chi connectivity index (χ3v) is 4.68. The molecule has 0 amide bonds. The van der Waals surface area contributed by atoms with E-state index in [-0.39, 0.29) is 17.4 Å². The lowest BCUT2D eigenvalue weighted by molar-refractivity contribution is 0.102. The average molecular weight is 337 g/mol. The molecule has 0 spiro atoms. The van der Waals surface area contributed by atoms with E-state index in [1.807, 2.05) is 40.8 Å². The van der Waals surface area contributed by atoms with Gasteiger partial charge in [-0.3, -0.25) is 9.20 Å². The molecule has 4 nitrogen and oxygen atoms in total. The summed E-state index contributed by atoms with van der Waals surface area (Å²) in [5.74, 6) is -0.207.